The van der Waals surface area contributed by atoms with Gasteiger partial charge in [0.05, 0.1) is 0 Å². The van der Waals surface area contributed by atoms with Gasteiger partial charge in [0.2, 0.25) is 6.79 Å². The minimum atomic E-state index is -0.745. The lowest BCUT2D eigenvalue weighted by Gasteiger charge is -1.94. The van der Waals surface area contributed by atoms with Crippen LogP contribution in [0.5, 0.6) is 11.5 Å². The molecule has 0 atom stereocenters. The van der Waals surface area contributed by atoms with Crippen molar-refractivity contribution in [2.75, 3.05) is 6.79 Å². The first-order valence-electron chi connectivity index (χ1n) is 4.74. The Labute approximate surface area is 92.6 Å². The predicted octanol–water partition coefficient (Wildman–Crippen LogP) is 1.71. The first-order valence-corrected chi connectivity index (χ1v) is 4.74. The number of carbonyl (C=O) groups excluding carboxylic acids is 1. The van der Waals surface area contributed by atoms with Crippen LogP contribution in [0.1, 0.15) is 23.7 Å². The Morgan fingerprint density at radius 3 is 2.62 bits per heavy atom. The van der Waals surface area contributed by atoms with Crippen LogP contribution in [0.25, 0.3) is 0 Å². The number of carbonyl (C=O) groups is 2. The molecule has 1 aromatic rings. The van der Waals surface area contributed by atoms with Crippen LogP contribution in [0.4, 0.5) is 0 Å². The van der Waals surface area contributed by atoms with Gasteiger partial charge in [-0.15, -0.1) is 0 Å². The third-order valence-corrected chi connectivity index (χ3v) is 1.84. The quantitative estimate of drug-likeness (QED) is 0.774. The van der Waals surface area contributed by atoms with Crippen molar-refractivity contribution in [2.45, 2.75) is 13.3 Å². The van der Waals surface area contributed by atoms with Gasteiger partial charge in [-0.05, 0) is 18.2 Å². The lowest BCUT2D eigenvalue weighted by Crippen LogP contribution is -1.92. The van der Waals surface area contributed by atoms with E-state index in [1.807, 2.05) is 0 Å². The highest BCUT2D eigenvalue weighted by molar-refractivity contribution is 5.76. The van der Waals surface area contributed by atoms with Gasteiger partial charge in [0.15, 0.2) is 11.5 Å². The molecule has 1 aromatic carbocycles. The van der Waals surface area contributed by atoms with E-state index >= 15 is 0 Å². The van der Waals surface area contributed by atoms with E-state index in [1.165, 1.54) is 0 Å². The van der Waals surface area contributed by atoms with E-state index in [2.05, 4.69) is 0 Å². The highest BCUT2D eigenvalue weighted by Gasteiger charge is 2.12. The van der Waals surface area contributed by atoms with Gasteiger partial charge in [0.25, 0.3) is 0 Å². The Bertz CT molecular complexity index is 386. The number of ether oxygens (including phenoxy) is 2. The van der Waals surface area contributed by atoms with Crippen LogP contribution in [-0.2, 0) is 4.79 Å². The second kappa shape index (κ2) is 5.75. The Hall–Kier alpha value is -2.04. The molecule has 0 bridgehead atoms. The van der Waals surface area contributed by atoms with Gasteiger partial charge < -0.3 is 14.6 Å². The molecule has 0 saturated carbocycles. The number of hydrogen-bond donors (Lipinski definition) is 1. The largest absolute Gasteiger partial charge is 0.481 e. The smallest absolute Gasteiger partial charge is 0.303 e. The molecule has 1 heterocycles. The number of carboxylic acids is 1. The van der Waals surface area contributed by atoms with E-state index in [-0.39, 0.29) is 13.2 Å². The molecule has 0 fully saturated rings. The first-order chi connectivity index (χ1) is 7.67. The summed E-state index contributed by atoms with van der Waals surface area (Å²) in [4.78, 5) is 19.7. The van der Waals surface area contributed by atoms with Crippen molar-refractivity contribution in [1.82, 2.24) is 0 Å². The van der Waals surface area contributed by atoms with Crippen molar-refractivity contribution < 1.29 is 24.2 Å². The Morgan fingerprint density at radius 1 is 1.44 bits per heavy atom. The average Bonchev–Trinajstić information content (AvgIpc) is 2.76. The van der Waals surface area contributed by atoms with Crippen molar-refractivity contribution in [2.24, 2.45) is 0 Å². The number of benzene rings is 1. The molecule has 1 N–H and O–H groups in total. The van der Waals surface area contributed by atoms with Crippen LogP contribution < -0.4 is 9.47 Å². The molecule has 5 heteroatoms. The molecule has 0 unspecified atom stereocenters. The minimum Gasteiger partial charge on any atom is -0.481 e. The molecule has 16 heavy (non-hydrogen) atoms. The number of aliphatic carboxylic acids is 1. The van der Waals surface area contributed by atoms with E-state index in [0.717, 1.165) is 6.29 Å². The summed E-state index contributed by atoms with van der Waals surface area (Å²) in [6.07, 6.45) is 1.00. The molecular formula is C11H12O5. The van der Waals surface area contributed by atoms with E-state index < -0.39 is 5.97 Å². The van der Waals surface area contributed by atoms with E-state index in [0.29, 0.717) is 17.1 Å². The SMILES string of the molecule is CCC(=O)O.O=Cc1ccc2c(c1)OCO2. The van der Waals surface area contributed by atoms with E-state index in [9.17, 15) is 9.59 Å². The van der Waals surface area contributed by atoms with Crippen molar-refractivity contribution in [3.8, 4) is 11.5 Å². The zero-order valence-electron chi connectivity index (χ0n) is 8.80. The van der Waals surface area contributed by atoms with Crippen molar-refractivity contribution in [3.63, 3.8) is 0 Å². The summed E-state index contributed by atoms with van der Waals surface area (Å²) in [5, 5.41) is 7.72. The minimum absolute atomic E-state index is 0.222. The highest BCUT2D eigenvalue weighted by atomic mass is 16.7. The Balaban J connectivity index is 0.000000221. The Kier molecular flexibility index (Phi) is 4.32. The van der Waals surface area contributed by atoms with Gasteiger partial charge in [-0.2, -0.15) is 0 Å². The Morgan fingerprint density at radius 2 is 2.06 bits per heavy atom. The maximum atomic E-state index is 10.3. The zero-order chi connectivity index (χ0) is 12.0. The lowest BCUT2D eigenvalue weighted by atomic mass is 10.2. The van der Waals surface area contributed by atoms with Crippen LogP contribution in [0, 0.1) is 0 Å². The number of aldehydes is 1. The molecule has 5 nitrogen and oxygen atoms in total. The fourth-order valence-electron chi connectivity index (χ4n) is 0.986. The summed E-state index contributed by atoms with van der Waals surface area (Å²) in [5.74, 6) is 0.607. The third-order valence-electron chi connectivity index (χ3n) is 1.84. The van der Waals surface area contributed by atoms with Gasteiger partial charge in [0, 0.05) is 12.0 Å². The molecular weight excluding hydrogens is 212 g/mol. The summed E-state index contributed by atoms with van der Waals surface area (Å²) < 4.78 is 10.1. The van der Waals surface area contributed by atoms with Crippen LogP contribution in [0.3, 0.4) is 0 Å². The molecule has 0 aromatic heterocycles. The van der Waals surface area contributed by atoms with E-state index in [1.54, 1.807) is 25.1 Å². The second-order valence-corrected chi connectivity index (χ2v) is 2.98. The second-order valence-electron chi connectivity index (χ2n) is 2.98. The summed E-state index contributed by atoms with van der Waals surface area (Å²) in [7, 11) is 0. The number of fused-ring (bicyclic) bond motifs is 1. The summed E-state index contributed by atoms with van der Waals surface area (Å²) in [5.41, 5.74) is 0.606. The van der Waals surface area contributed by atoms with Gasteiger partial charge in [-0.3, -0.25) is 9.59 Å². The highest BCUT2D eigenvalue weighted by Crippen LogP contribution is 2.31. The van der Waals surface area contributed by atoms with Crippen LogP contribution in [-0.4, -0.2) is 24.2 Å². The maximum absolute atomic E-state index is 10.3. The molecule has 0 amide bonds. The fourth-order valence-corrected chi connectivity index (χ4v) is 0.986. The molecule has 0 spiro atoms. The van der Waals surface area contributed by atoms with Gasteiger partial charge in [-0.25, -0.2) is 0 Å². The lowest BCUT2D eigenvalue weighted by molar-refractivity contribution is -0.136. The maximum Gasteiger partial charge on any atom is 0.303 e. The molecule has 0 aliphatic carbocycles. The molecule has 2 rings (SSSR count). The van der Waals surface area contributed by atoms with Crippen LogP contribution >= 0.6 is 0 Å². The zero-order valence-corrected chi connectivity index (χ0v) is 8.80. The van der Waals surface area contributed by atoms with Crippen LogP contribution in [0.2, 0.25) is 0 Å². The monoisotopic (exact) mass is 224 g/mol. The number of rotatable bonds is 2. The fraction of sp³-hybridized carbons (Fsp3) is 0.273. The predicted molar refractivity (Wildman–Crippen MR) is 55.9 cm³/mol. The summed E-state index contributed by atoms with van der Waals surface area (Å²) in [6, 6.07) is 5.09. The summed E-state index contributed by atoms with van der Waals surface area (Å²) >= 11 is 0. The molecule has 1 aliphatic heterocycles. The molecule has 0 radical (unpaired) electrons. The number of carboxylic acid groups (broad SMARTS) is 1. The normalized spacial score (nSPS) is 11.3. The molecule has 0 saturated heterocycles. The van der Waals surface area contributed by atoms with E-state index in [4.69, 9.17) is 14.6 Å². The third kappa shape index (κ3) is 3.27. The van der Waals surface area contributed by atoms with Crippen molar-refractivity contribution in [1.29, 1.82) is 0 Å². The average molecular weight is 224 g/mol. The number of hydrogen-bond acceptors (Lipinski definition) is 4. The standard InChI is InChI=1S/C8H6O3.C3H6O2/c9-4-6-1-2-7-8(3-6)11-5-10-7;1-2-3(4)5/h1-4H,5H2;2H2,1H3,(H,4,5). The van der Waals surface area contributed by atoms with Crippen LogP contribution in [0.15, 0.2) is 18.2 Å². The van der Waals surface area contributed by atoms with Crippen molar-refractivity contribution >= 4 is 12.3 Å². The van der Waals surface area contributed by atoms with Gasteiger partial charge >= 0.3 is 5.97 Å². The first kappa shape index (κ1) is 12.0. The topological polar surface area (TPSA) is 72.8 Å². The molecule has 1 aliphatic rings. The van der Waals surface area contributed by atoms with Crippen molar-refractivity contribution in [3.05, 3.63) is 23.8 Å². The van der Waals surface area contributed by atoms with Gasteiger partial charge in [0.1, 0.15) is 6.29 Å². The summed E-state index contributed by atoms with van der Waals surface area (Å²) in [6.45, 7) is 1.85. The van der Waals surface area contributed by atoms with Gasteiger partial charge in [-0.1, -0.05) is 6.92 Å². The molecule has 86 valence electrons.